The number of carboxylic acids is 1. The molecule has 1 rings (SSSR count). The molecule has 0 unspecified atom stereocenters. The van der Waals surface area contributed by atoms with E-state index in [1.165, 1.54) is 0 Å². The maximum Gasteiger partial charge on any atom is 0.335 e. The van der Waals surface area contributed by atoms with Crippen molar-refractivity contribution < 1.29 is 9.90 Å². The zero-order chi connectivity index (χ0) is 13.9. The fourth-order valence-electron chi connectivity index (χ4n) is 1.29. The number of aromatic carboxylic acids is 1. The number of likely N-dealkylation sites (N-methyl/N-ethyl adjacent to an activating group) is 1. The van der Waals surface area contributed by atoms with E-state index in [0.29, 0.717) is 0 Å². The Morgan fingerprint density at radius 3 is 2.50 bits per heavy atom. The number of nitrogens with zero attached hydrogens (tertiary/aromatic N) is 1. The van der Waals surface area contributed by atoms with Gasteiger partial charge in [0, 0.05) is 22.2 Å². The highest BCUT2D eigenvalue weighted by molar-refractivity contribution is 9.10. The van der Waals surface area contributed by atoms with Crippen LogP contribution in [-0.4, -0.2) is 42.2 Å². The molecule has 4 nitrogen and oxygen atoms in total. The van der Waals surface area contributed by atoms with Crippen molar-refractivity contribution in [3.05, 3.63) is 28.2 Å². The summed E-state index contributed by atoms with van der Waals surface area (Å²) in [4.78, 5) is 13.1. The van der Waals surface area contributed by atoms with E-state index in [1.54, 1.807) is 12.1 Å². The summed E-state index contributed by atoms with van der Waals surface area (Å²) in [7, 11) is 4.04. The van der Waals surface area contributed by atoms with Crippen molar-refractivity contribution in [1.29, 1.82) is 0 Å². The van der Waals surface area contributed by atoms with Gasteiger partial charge < -0.3 is 15.3 Å². The summed E-state index contributed by atoms with van der Waals surface area (Å²) in [6, 6.07) is 5.10. The SMILES string of the molecule is CN(C)C(C)(C)CNc1cc(Br)cc(C(=O)O)c1. The number of halogens is 1. The second-order valence-electron chi connectivity index (χ2n) is 5.09. The first-order chi connectivity index (χ1) is 8.22. The van der Waals surface area contributed by atoms with Crippen LogP contribution in [0.1, 0.15) is 24.2 Å². The minimum absolute atomic E-state index is 0.00823. The van der Waals surface area contributed by atoms with Gasteiger partial charge in [-0.3, -0.25) is 0 Å². The van der Waals surface area contributed by atoms with Crippen LogP contribution in [0, 0.1) is 0 Å². The monoisotopic (exact) mass is 314 g/mol. The van der Waals surface area contributed by atoms with Crippen LogP contribution < -0.4 is 5.32 Å². The van der Waals surface area contributed by atoms with Crippen LogP contribution in [0.5, 0.6) is 0 Å². The number of carbonyl (C=O) groups is 1. The Balaban J connectivity index is 2.83. The van der Waals surface area contributed by atoms with Gasteiger partial charge in [-0.25, -0.2) is 4.79 Å². The third kappa shape index (κ3) is 3.99. The fourth-order valence-corrected chi connectivity index (χ4v) is 1.78. The van der Waals surface area contributed by atoms with Crippen molar-refractivity contribution in [2.45, 2.75) is 19.4 Å². The molecule has 18 heavy (non-hydrogen) atoms. The number of benzene rings is 1. The molecular formula is C13H19BrN2O2. The molecule has 0 amide bonds. The summed E-state index contributed by atoms with van der Waals surface area (Å²) in [6.45, 7) is 4.97. The smallest absolute Gasteiger partial charge is 0.335 e. The summed E-state index contributed by atoms with van der Waals surface area (Å²) in [5, 5.41) is 12.3. The second-order valence-corrected chi connectivity index (χ2v) is 6.01. The number of anilines is 1. The summed E-state index contributed by atoms with van der Waals surface area (Å²) in [6.07, 6.45) is 0. The van der Waals surface area contributed by atoms with E-state index in [9.17, 15) is 4.79 Å². The Kier molecular flexibility index (Phi) is 4.76. The van der Waals surface area contributed by atoms with Crippen molar-refractivity contribution in [2.24, 2.45) is 0 Å². The lowest BCUT2D eigenvalue weighted by Gasteiger charge is -2.33. The lowest BCUT2D eigenvalue weighted by molar-refractivity contribution is 0.0697. The average Bonchev–Trinajstić information content (AvgIpc) is 2.25. The lowest BCUT2D eigenvalue weighted by Crippen LogP contribution is -2.44. The minimum Gasteiger partial charge on any atom is -0.478 e. The van der Waals surface area contributed by atoms with Gasteiger partial charge in [0.05, 0.1) is 5.56 Å². The molecule has 0 aromatic heterocycles. The predicted molar refractivity (Wildman–Crippen MR) is 77.4 cm³/mol. The van der Waals surface area contributed by atoms with Crippen molar-refractivity contribution in [2.75, 3.05) is 26.0 Å². The first kappa shape index (κ1) is 15.0. The summed E-state index contributed by atoms with van der Waals surface area (Å²) < 4.78 is 0.757. The van der Waals surface area contributed by atoms with E-state index in [1.807, 2.05) is 20.2 Å². The molecule has 0 aliphatic carbocycles. The number of nitrogens with one attached hydrogen (secondary N) is 1. The zero-order valence-electron chi connectivity index (χ0n) is 11.1. The zero-order valence-corrected chi connectivity index (χ0v) is 12.7. The van der Waals surface area contributed by atoms with Gasteiger partial charge >= 0.3 is 5.97 Å². The third-order valence-electron chi connectivity index (χ3n) is 3.08. The Morgan fingerprint density at radius 2 is 2.00 bits per heavy atom. The fraction of sp³-hybridized carbons (Fsp3) is 0.462. The average molecular weight is 315 g/mol. The number of hydrogen-bond acceptors (Lipinski definition) is 3. The van der Waals surface area contributed by atoms with Gasteiger partial charge in [-0.1, -0.05) is 15.9 Å². The number of hydrogen-bond donors (Lipinski definition) is 2. The van der Waals surface area contributed by atoms with E-state index in [4.69, 9.17) is 5.11 Å². The molecule has 100 valence electrons. The number of rotatable bonds is 5. The Hall–Kier alpha value is -1.07. The summed E-state index contributed by atoms with van der Waals surface area (Å²) in [5.41, 5.74) is 1.07. The quantitative estimate of drug-likeness (QED) is 0.877. The Labute approximate surface area is 116 Å². The van der Waals surface area contributed by atoms with Crippen LogP contribution in [0.25, 0.3) is 0 Å². The highest BCUT2D eigenvalue weighted by Crippen LogP contribution is 2.21. The molecule has 1 aromatic carbocycles. The summed E-state index contributed by atoms with van der Waals surface area (Å²) >= 11 is 3.32. The maximum absolute atomic E-state index is 11.0. The Bertz CT molecular complexity index is 445. The minimum atomic E-state index is -0.925. The van der Waals surface area contributed by atoms with Gasteiger partial charge in [0.15, 0.2) is 0 Å². The van der Waals surface area contributed by atoms with E-state index in [-0.39, 0.29) is 11.1 Å². The largest absolute Gasteiger partial charge is 0.478 e. The van der Waals surface area contributed by atoms with Crippen LogP contribution in [0.2, 0.25) is 0 Å². The molecule has 0 atom stereocenters. The molecule has 0 spiro atoms. The van der Waals surface area contributed by atoms with Crippen molar-refractivity contribution in [3.8, 4) is 0 Å². The van der Waals surface area contributed by atoms with E-state index in [0.717, 1.165) is 16.7 Å². The molecule has 0 bridgehead atoms. The van der Waals surface area contributed by atoms with Crippen molar-refractivity contribution in [1.82, 2.24) is 4.90 Å². The first-order valence-corrected chi connectivity index (χ1v) is 6.47. The van der Waals surface area contributed by atoms with Crippen molar-refractivity contribution >= 4 is 27.6 Å². The van der Waals surface area contributed by atoms with Gasteiger partial charge in [0.25, 0.3) is 0 Å². The third-order valence-corrected chi connectivity index (χ3v) is 3.54. The van der Waals surface area contributed by atoms with Crippen LogP contribution in [0.15, 0.2) is 22.7 Å². The topological polar surface area (TPSA) is 52.6 Å². The van der Waals surface area contributed by atoms with E-state index < -0.39 is 5.97 Å². The van der Waals surface area contributed by atoms with Crippen LogP contribution >= 0.6 is 15.9 Å². The molecule has 0 saturated carbocycles. The summed E-state index contributed by atoms with van der Waals surface area (Å²) in [5.74, 6) is -0.925. The van der Waals surface area contributed by atoms with Gasteiger partial charge in [0.2, 0.25) is 0 Å². The first-order valence-electron chi connectivity index (χ1n) is 5.67. The molecular weight excluding hydrogens is 296 g/mol. The standard InChI is InChI=1S/C13H19BrN2O2/c1-13(2,16(3)4)8-15-11-6-9(12(17)18)5-10(14)7-11/h5-7,15H,8H2,1-4H3,(H,17,18). The van der Waals surface area contributed by atoms with Gasteiger partial charge in [0.1, 0.15) is 0 Å². The van der Waals surface area contributed by atoms with Gasteiger partial charge in [-0.2, -0.15) is 0 Å². The molecule has 0 fully saturated rings. The second kappa shape index (κ2) is 5.71. The van der Waals surface area contributed by atoms with Gasteiger partial charge in [-0.15, -0.1) is 0 Å². The maximum atomic E-state index is 11.0. The molecule has 1 aromatic rings. The predicted octanol–water partition coefficient (Wildman–Crippen LogP) is 2.90. The molecule has 0 aliphatic heterocycles. The molecule has 0 aliphatic rings. The highest BCUT2D eigenvalue weighted by atomic mass is 79.9. The lowest BCUT2D eigenvalue weighted by atomic mass is 10.0. The normalized spacial score (nSPS) is 11.7. The van der Waals surface area contributed by atoms with Crippen LogP contribution in [0.3, 0.4) is 0 Å². The highest BCUT2D eigenvalue weighted by Gasteiger charge is 2.20. The van der Waals surface area contributed by atoms with E-state index >= 15 is 0 Å². The molecule has 0 saturated heterocycles. The van der Waals surface area contributed by atoms with Crippen LogP contribution in [-0.2, 0) is 0 Å². The van der Waals surface area contributed by atoms with Crippen LogP contribution in [0.4, 0.5) is 5.69 Å². The Morgan fingerprint density at radius 1 is 1.39 bits per heavy atom. The number of carboxylic acid groups (broad SMARTS) is 1. The van der Waals surface area contributed by atoms with Gasteiger partial charge in [-0.05, 0) is 46.1 Å². The van der Waals surface area contributed by atoms with E-state index in [2.05, 4.69) is 40.0 Å². The molecule has 0 radical (unpaired) electrons. The van der Waals surface area contributed by atoms with Crippen molar-refractivity contribution in [3.63, 3.8) is 0 Å². The molecule has 2 N–H and O–H groups in total. The molecule has 5 heteroatoms. The molecule has 0 heterocycles.